The fourth-order valence-electron chi connectivity index (χ4n) is 4.74. The highest BCUT2D eigenvalue weighted by Crippen LogP contribution is 2.33. The van der Waals surface area contributed by atoms with Crippen molar-refractivity contribution >= 4 is 33.6 Å². The zero-order valence-electron chi connectivity index (χ0n) is 23.0. The highest BCUT2D eigenvalue weighted by atomic mass is 16.5. The monoisotopic (exact) mass is 554 g/mol. The predicted molar refractivity (Wildman–Crippen MR) is 162 cm³/mol. The van der Waals surface area contributed by atoms with Crippen molar-refractivity contribution in [2.45, 2.75) is 0 Å². The highest BCUT2D eigenvalue weighted by molar-refractivity contribution is 6.02. The number of methoxy groups -OCH3 is 2. The molecule has 0 fully saturated rings. The first-order valence-corrected chi connectivity index (χ1v) is 13.3. The second-order valence-corrected chi connectivity index (χ2v) is 9.64. The number of ether oxygens (including phenoxy) is 3. The summed E-state index contributed by atoms with van der Waals surface area (Å²) >= 11 is 0. The van der Waals surface area contributed by atoms with Crippen molar-refractivity contribution in [3.63, 3.8) is 0 Å². The van der Waals surface area contributed by atoms with Gasteiger partial charge in [-0.2, -0.15) is 0 Å². The number of nitrogens with zero attached hydrogens (tertiary/aromatic N) is 2. The Morgan fingerprint density at radius 2 is 1.17 bits per heavy atom. The Labute approximate surface area is 242 Å². The van der Waals surface area contributed by atoms with E-state index in [-0.39, 0.29) is 18.0 Å². The van der Waals surface area contributed by atoms with Crippen LogP contribution in [0.3, 0.4) is 0 Å². The van der Waals surface area contributed by atoms with Gasteiger partial charge in [-0.25, -0.2) is 14.8 Å². The van der Waals surface area contributed by atoms with Gasteiger partial charge in [0.2, 0.25) is 0 Å². The van der Waals surface area contributed by atoms with E-state index in [4.69, 9.17) is 24.2 Å². The number of fused-ring (bicyclic) bond motifs is 2. The minimum atomic E-state index is -0.613. The van der Waals surface area contributed by atoms with Crippen LogP contribution in [-0.4, -0.2) is 42.5 Å². The number of hydrogen-bond donors (Lipinski definition) is 0. The smallest absolute Gasteiger partial charge is 0.338 e. The molecule has 0 atom stereocenters. The van der Waals surface area contributed by atoms with E-state index >= 15 is 0 Å². The van der Waals surface area contributed by atoms with E-state index in [1.807, 2.05) is 78.9 Å². The first kappa shape index (κ1) is 26.7. The highest BCUT2D eigenvalue weighted by Gasteiger charge is 2.17. The van der Waals surface area contributed by atoms with Gasteiger partial charge >= 0.3 is 5.97 Å². The Kier molecular flexibility index (Phi) is 7.30. The molecule has 0 N–H and O–H groups in total. The van der Waals surface area contributed by atoms with Crippen LogP contribution in [0.1, 0.15) is 20.7 Å². The third-order valence-electron chi connectivity index (χ3n) is 7.03. The van der Waals surface area contributed by atoms with Crippen molar-refractivity contribution in [1.29, 1.82) is 0 Å². The van der Waals surface area contributed by atoms with E-state index < -0.39 is 5.97 Å². The maximum absolute atomic E-state index is 13.0. The summed E-state index contributed by atoms with van der Waals surface area (Å²) in [5, 5.41) is 1.98. The van der Waals surface area contributed by atoms with Crippen molar-refractivity contribution < 1.29 is 23.8 Å². The molecule has 0 saturated heterocycles. The largest absolute Gasteiger partial charge is 0.497 e. The number of esters is 1. The molecule has 5 aromatic carbocycles. The SMILES string of the molecule is COc1ccc(-c2nc3ccc(C(=O)OCC(=O)c4ccc5ccccc5c4)cc3nc2-c2ccc(OC)cc2)cc1. The van der Waals surface area contributed by atoms with Gasteiger partial charge in [-0.3, -0.25) is 4.79 Å². The summed E-state index contributed by atoms with van der Waals surface area (Å²) in [6, 6.07) is 33.4. The van der Waals surface area contributed by atoms with Crippen molar-refractivity contribution in [2.24, 2.45) is 0 Å². The minimum absolute atomic E-state index is 0.277. The lowest BCUT2D eigenvalue weighted by molar-refractivity contribution is 0.0475. The molecule has 0 amide bonds. The molecule has 0 spiro atoms. The van der Waals surface area contributed by atoms with Gasteiger partial charge in [-0.05, 0) is 83.6 Å². The van der Waals surface area contributed by atoms with Gasteiger partial charge in [0.15, 0.2) is 12.4 Å². The predicted octanol–water partition coefficient (Wildman–Crippen LogP) is 7.17. The van der Waals surface area contributed by atoms with Crippen LogP contribution in [0.15, 0.2) is 109 Å². The van der Waals surface area contributed by atoms with Gasteiger partial charge in [0.1, 0.15) is 11.5 Å². The molecule has 6 aromatic rings. The van der Waals surface area contributed by atoms with Gasteiger partial charge < -0.3 is 14.2 Å². The average Bonchev–Trinajstić information content (AvgIpc) is 3.06. The summed E-state index contributed by atoms with van der Waals surface area (Å²) in [5.41, 5.74) is 4.94. The summed E-state index contributed by atoms with van der Waals surface area (Å²) < 4.78 is 16.0. The number of carbonyl (C=O) groups excluding carboxylic acids is 2. The zero-order chi connectivity index (χ0) is 29.1. The number of aromatic nitrogens is 2. The van der Waals surface area contributed by atoms with Gasteiger partial charge in [0.25, 0.3) is 0 Å². The maximum atomic E-state index is 13.0. The normalized spacial score (nSPS) is 10.9. The average molecular weight is 555 g/mol. The van der Waals surface area contributed by atoms with E-state index in [0.717, 1.165) is 33.4 Å². The molecule has 0 aliphatic rings. The molecule has 206 valence electrons. The number of carbonyl (C=O) groups is 2. The summed E-state index contributed by atoms with van der Waals surface area (Å²) in [6.45, 7) is -0.367. The third kappa shape index (κ3) is 5.40. The number of hydrogen-bond acceptors (Lipinski definition) is 7. The van der Waals surface area contributed by atoms with Crippen LogP contribution < -0.4 is 9.47 Å². The fraction of sp³-hybridized carbons (Fsp3) is 0.0857. The molecule has 1 heterocycles. The van der Waals surface area contributed by atoms with Crippen molar-refractivity contribution in [3.8, 4) is 34.0 Å². The van der Waals surface area contributed by atoms with Crippen LogP contribution in [0.25, 0.3) is 44.3 Å². The van der Waals surface area contributed by atoms with Gasteiger partial charge in [-0.1, -0.05) is 36.4 Å². The van der Waals surface area contributed by atoms with E-state index in [0.29, 0.717) is 28.0 Å². The van der Waals surface area contributed by atoms with Crippen LogP contribution in [0.2, 0.25) is 0 Å². The first-order valence-electron chi connectivity index (χ1n) is 13.3. The summed E-state index contributed by atoms with van der Waals surface area (Å²) in [7, 11) is 3.24. The molecule has 6 rings (SSSR count). The van der Waals surface area contributed by atoms with Crippen LogP contribution in [-0.2, 0) is 4.74 Å². The van der Waals surface area contributed by atoms with Crippen LogP contribution >= 0.6 is 0 Å². The minimum Gasteiger partial charge on any atom is -0.497 e. The quantitative estimate of drug-likeness (QED) is 0.146. The number of rotatable bonds is 8. The van der Waals surface area contributed by atoms with E-state index in [2.05, 4.69) is 0 Å². The molecule has 42 heavy (non-hydrogen) atoms. The molecule has 0 aliphatic carbocycles. The lowest BCUT2D eigenvalue weighted by Crippen LogP contribution is -2.14. The standard InChI is InChI=1S/C35H26N2O5/c1-40-28-14-9-23(10-15-28)33-34(24-11-16-29(41-2)17-12-24)37-31-20-27(13-18-30(31)36-33)35(39)42-21-32(38)26-8-7-22-5-3-4-6-25(22)19-26/h3-20H,21H2,1-2H3. The first-order chi connectivity index (χ1) is 20.5. The maximum Gasteiger partial charge on any atom is 0.338 e. The second kappa shape index (κ2) is 11.5. The fourth-order valence-corrected chi connectivity index (χ4v) is 4.74. The molecular weight excluding hydrogens is 528 g/mol. The second-order valence-electron chi connectivity index (χ2n) is 9.64. The Bertz CT molecular complexity index is 1930. The van der Waals surface area contributed by atoms with Crippen LogP contribution in [0.5, 0.6) is 11.5 Å². The molecule has 7 heteroatoms. The van der Waals surface area contributed by atoms with Gasteiger partial charge in [-0.15, -0.1) is 0 Å². The molecule has 0 aliphatic heterocycles. The molecular formula is C35H26N2O5. The van der Waals surface area contributed by atoms with Crippen molar-refractivity contribution in [1.82, 2.24) is 9.97 Å². The molecule has 7 nitrogen and oxygen atoms in total. The Morgan fingerprint density at radius 3 is 1.79 bits per heavy atom. The molecule has 0 radical (unpaired) electrons. The lowest BCUT2D eigenvalue weighted by atomic mass is 10.0. The Hall–Kier alpha value is -5.56. The number of Topliss-reactive ketones (excluding diaryl/α,β-unsaturated/α-hetero) is 1. The molecule has 1 aromatic heterocycles. The number of benzene rings is 5. The van der Waals surface area contributed by atoms with Crippen molar-refractivity contribution in [3.05, 3.63) is 120 Å². The summed E-state index contributed by atoms with van der Waals surface area (Å²) in [6.07, 6.45) is 0. The van der Waals surface area contributed by atoms with E-state index in [1.54, 1.807) is 44.6 Å². The van der Waals surface area contributed by atoms with Gasteiger partial charge in [0, 0.05) is 16.7 Å². The zero-order valence-corrected chi connectivity index (χ0v) is 23.0. The Balaban J connectivity index is 1.30. The van der Waals surface area contributed by atoms with E-state index in [9.17, 15) is 9.59 Å². The topological polar surface area (TPSA) is 87.6 Å². The summed E-state index contributed by atoms with van der Waals surface area (Å²) in [5.74, 6) is 0.571. The van der Waals surface area contributed by atoms with Crippen LogP contribution in [0.4, 0.5) is 0 Å². The summed E-state index contributed by atoms with van der Waals surface area (Å²) in [4.78, 5) is 35.6. The van der Waals surface area contributed by atoms with Crippen LogP contribution in [0, 0.1) is 0 Å². The van der Waals surface area contributed by atoms with Crippen molar-refractivity contribution in [2.75, 3.05) is 20.8 Å². The lowest BCUT2D eigenvalue weighted by Gasteiger charge is -2.12. The Morgan fingerprint density at radius 1 is 0.595 bits per heavy atom. The molecule has 0 bridgehead atoms. The molecule has 0 saturated carbocycles. The van der Waals surface area contributed by atoms with E-state index in [1.165, 1.54) is 0 Å². The van der Waals surface area contributed by atoms with Gasteiger partial charge in [0.05, 0.1) is 42.2 Å². The molecule has 0 unspecified atom stereocenters. The third-order valence-corrected chi connectivity index (χ3v) is 7.03. The number of ketones is 1.